The van der Waals surface area contributed by atoms with Crippen LogP contribution in [0.15, 0.2) is 85.1 Å². The first-order chi connectivity index (χ1) is 22.2. The molecule has 0 rings (SSSR count). The van der Waals surface area contributed by atoms with Crippen molar-refractivity contribution < 1.29 is 19.4 Å². The Morgan fingerprint density at radius 2 is 0.933 bits per heavy atom. The molecule has 256 valence electrons. The second-order valence-corrected chi connectivity index (χ2v) is 11.5. The number of hydrogen-bond acceptors (Lipinski definition) is 4. The van der Waals surface area contributed by atoms with Crippen LogP contribution in [0.1, 0.15) is 142 Å². The lowest BCUT2D eigenvalue weighted by atomic mass is 10.1. The SMILES string of the molecule is CC/C=C\C/C=C\C/C=C\C/C=C\CCCCCCC(=O)OC(CO)COCCCCCCCC/C=C\C/C=C\C/C=C\CC. The summed E-state index contributed by atoms with van der Waals surface area (Å²) >= 11 is 0. The number of carbonyl (C=O) groups excluding carboxylic acids is 1. The van der Waals surface area contributed by atoms with Gasteiger partial charge in [0.1, 0.15) is 6.10 Å². The molecule has 0 aromatic carbocycles. The van der Waals surface area contributed by atoms with Crippen molar-refractivity contribution in [1.29, 1.82) is 0 Å². The summed E-state index contributed by atoms with van der Waals surface area (Å²) in [6.45, 7) is 5.04. The van der Waals surface area contributed by atoms with E-state index in [1.807, 2.05) is 0 Å². The third-order valence-corrected chi connectivity index (χ3v) is 7.22. The molecule has 0 saturated carbocycles. The van der Waals surface area contributed by atoms with E-state index in [4.69, 9.17) is 9.47 Å². The van der Waals surface area contributed by atoms with Crippen LogP contribution in [-0.4, -0.2) is 37.0 Å². The molecule has 0 aromatic heterocycles. The highest BCUT2D eigenvalue weighted by atomic mass is 16.6. The largest absolute Gasteiger partial charge is 0.457 e. The Hall–Kier alpha value is -2.43. The van der Waals surface area contributed by atoms with Crippen LogP contribution in [0, 0.1) is 0 Å². The number of carbonyl (C=O) groups is 1. The van der Waals surface area contributed by atoms with Crippen molar-refractivity contribution in [2.45, 2.75) is 148 Å². The summed E-state index contributed by atoms with van der Waals surface area (Å²) < 4.78 is 11.1. The van der Waals surface area contributed by atoms with Gasteiger partial charge in [0.25, 0.3) is 0 Å². The highest BCUT2D eigenvalue weighted by Crippen LogP contribution is 2.10. The van der Waals surface area contributed by atoms with Crippen LogP contribution in [0.3, 0.4) is 0 Å². The number of allylic oxidation sites excluding steroid dienone is 14. The number of hydrogen-bond donors (Lipinski definition) is 1. The number of ether oxygens (including phenoxy) is 2. The molecule has 1 unspecified atom stereocenters. The summed E-state index contributed by atoms with van der Waals surface area (Å²) in [5.74, 6) is -0.234. The number of aliphatic hydroxyl groups is 1. The standard InChI is InChI=1S/C41H68O4/c1-3-5-7-9-11-13-15-17-19-21-22-24-26-28-30-32-34-36-41(43)45-40(38-42)39-44-37-35-33-31-29-27-25-23-20-18-16-14-12-10-8-6-4-2/h5-8,11-14,17-20,22,24,40,42H,3-4,9-10,15-16,21,23,25-39H2,1-2H3/b7-5-,8-6-,13-11-,14-12-,19-17-,20-18-,24-22-. The van der Waals surface area contributed by atoms with Gasteiger partial charge in [-0.25, -0.2) is 0 Å². The molecule has 4 nitrogen and oxygen atoms in total. The molecule has 4 heteroatoms. The summed E-state index contributed by atoms with van der Waals surface area (Å²) in [5.41, 5.74) is 0. The average molecular weight is 625 g/mol. The monoisotopic (exact) mass is 625 g/mol. The van der Waals surface area contributed by atoms with E-state index in [0.717, 1.165) is 89.9 Å². The smallest absolute Gasteiger partial charge is 0.306 e. The Balaban J connectivity index is 3.56. The van der Waals surface area contributed by atoms with Crippen LogP contribution in [0.5, 0.6) is 0 Å². The van der Waals surface area contributed by atoms with Crippen LogP contribution in [0.2, 0.25) is 0 Å². The quantitative estimate of drug-likeness (QED) is 0.0459. The van der Waals surface area contributed by atoms with E-state index in [1.165, 1.54) is 32.1 Å². The molecule has 0 amide bonds. The highest BCUT2D eigenvalue weighted by Gasteiger charge is 2.13. The topological polar surface area (TPSA) is 55.8 Å². The van der Waals surface area contributed by atoms with Crippen LogP contribution >= 0.6 is 0 Å². The molecular weight excluding hydrogens is 556 g/mol. The fourth-order valence-corrected chi connectivity index (χ4v) is 4.57. The molecule has 0 heterocycles. The maximum atomic E-state index is 12.1. The van der Waals surface area contributed by atoms with Gasteiger partial charge in [-0.1, -0.05) is 137 Å². The second-order valence-electron chi connectivity index (χ2n) is 11.5. The minimum atomic E-state index is -0.558. The molecule has 0 aromatic rings. The third-order valence-electron chi connectivity index (χ3n) is 7.22. The van der Waals surface area contributed by atoms with Gasteiger partial charge >= 0.3 is 5.97 Å². The Bertz CT molecular complexity index is 830. The number of esters is 1. The molecule has 0 saturated heterocycles. The number of rotatable bonds is 32. The normalized spacial score (nSPS) is 13.4. The summed E-state index contributed by atoms with van der Waals surface area (Å²) in [6, 6.07) is 0. The lowest BCUT2D eigenvalue weighted by Crippen LogP contribution is -2.27. The van der Waals surface area contributed by atoms with E-state index < -0.39 is 6.10 Å². The maximum absolute atomic E-state index is 12.1. The van der Waals surface area contributed by atoms with Gasteiger partial charge in [-0.15, -0.1) is 0 Å². The van der Waals surface area contributed by atoms with Crippen molar-refractivity contribution in [1.82, 2.24) is 0 Å². The lowest BCUT2D eigenvalue weighted by molar-refractivity contribution is -0.154. The molecule has 0 radical (unpaired) electrons. The second kappa shape index (κ2) is 37.8. The first kappa shape index (κ1) is 42.6. The van der Waals surface area contributed by atoms with Gasteiger partial charge < -0.3 is 14.6 Å². The fraction of sp³-hybridized carbons (Fsp3) is 0.634. The predicted octanol–water partition coefficient (Wildman–Crippen LogP) is 11.6. The summed E-state index contributed by atoms with van der Waals surface area (Å²) in [4.78, 5) is 12.1. The Kier molecular flexibility index (Phi) is 35.7. The molecule has 45 heavy (non-hydrogen) atoms. The first-order valence-corrected chi connectivity index (χ1v) is 18.2. The maximum Gasteiger partial charge on any atom is 0.306 e. The zero-order valence-corrected chi connectivity index (χ0v) is 29.1. The van der Waals surface area contributed by atoms with E-state index in [-0.39, 0.29) is 19.2 Å². The Morgan fingerprint density at radius 3 is 1.40 bits per heavy atom. The Morgan fingerprint density at radius 1 is 0.533 bits per heavy atom. The van der Waals surface area contributed by atoms with Crippen LogP contribution in [0.25, 0.3) is 0 Å². The van der Waals surface area contributed by atoms with Gasteiger partial charge in [0.15, 0.2) is 0 Å². The molecule has 0 aliphatic carbocycles. The summed E-state index contributed by atoms with van der Waals surface area (Å²) in [5, 5.41) is 9.56. The molecule has 1 atom stereocenters. The average Bonchev–Trinajstić information content (AvgIpc) is 3.05. The van der Waals surface area contributed by atoms with Crippen molar-refractivity contribution in [3.8, 4) is 0 Å². The van der Waals surface area contributed by atoms with Crippen molar-refractivity contribution in [3.63, 3.8) is 0 Å². The molecule has 0 bridgehead atoms. The number of aliphatic hydroxyl groups excluding tert-OH is 1. The van der Waals surface area contributed by atoms with Gasteiger partial charge in [0, 0.05) is 13.0 Å². The highest BCUT2D eigenvalue weighted by molar-refractivity contribution is 5.69. The van der Waals surface area contributed by atoms with E-state index >= 15 is 0 Å². The van der Waals surface area contributed by atoms with E-state index in [0.29, 0.717) is 13.0 Å². The zero-order chi connectivity index (χ0) is 32.7. The van der Waals surface area contributed by atoms with Crippen LogP contribution in [-0.2, 0) is 14.3 Å². The first-order valence-electron chi connectivity index (χ1n) is 18.2. The molecule has 0 fully saturated rings. The van der Waals surface area contributed by atoms with Gasteiger partial charge in [0.05, 0.1) is 13.2 Å². The predicted molar refractivity (Wildman–Crippen MR) is 195 cm³/mol. The van der Waals surface area contributed by atoms with E-state index in [1.54, 1.807) is 0 Å². The van der Waals surface area contributed by atoms with Crippen molar-refractivity contribution in [2.24, 2.45) is 0 Å². The molecular formula is C41H68O4. The van der Waals surface area contributed by atoms with Crippen molar-refractivity contribution in [3.05, 3.63) is 85.1 Å². The number of unbranched alkanes of at least 4 members (excludes halogenated alkanes) is 10. The molecule has 0 spiro atoms. The van der Waals surface area contributed by atoms with E-state index in [2.05, 4.69) is 98.9 Å². The minimum absolute atomic E-state index is 0.193. The van der Waals surface area contributed by atoms with E-state index in [9.17, 15) is 9.90 Å². The van der Waals surface area contributed by atoms with Crippen LogP contribution in [0.4, 0.5) is 0 Å². The molecule has 0 aliphatic rings. The third kappa shape index (κ3) is 35.9. The van der Waals surface area contributed by atoms with Gasteiger partial charge in [-0.3, -0.25) is 4.79 Å². The summed E-state index contributed by atoms with van der Waals surface area (Å²) in [6.07, 6.45) is 51.9. The Labute approximate surface area is 278 Å². The van der Waals surface area contributed by atoms with Crippen molar-refractivity contribution >= 4 is 5.97 Å². The van der Waals surface area contributed by atoms with Gasteiger partial charge in [0.2, 0.25) is 0 Å². The fourth-order valence-electron chi connectivity index (χ4n) is 4.57. The molecule has 1 N–H and O–H groups in total. The van der Waals surface area contributed by atoms with Crippen molar-refractivity contribution in [2.75, 3.05) is 19.8 Å². The molecule has 0 aliphatic heterocycles. The van der Waals surface area contributed by atoms with Gasteiger partial charge in [-0.05, 0) is 83.5 Å². The summed E-state index contributed by atoms with van der Waals surface area (Å²) in [7, 11) is 0. The minimum Gasteiger partial charge on any atom is -0.457 e. The zero-order valence-electron chi connectivity index (χ0n) is 29.1. The van der Waals surface area contributed by atoms with Crippen LogP contribution < -0.4 is 0 Å². The lowest BCUT2D eigenvalue weighted by Gasteiger charge is -2.15. The van der Waals surface area contributed by atoms with Gasteiger partial charge in [-0.2, -0.15) is 0 Å².